The molecule has 0 saturated carbocycles. The van der Waals surface area contributed by atoms with Crippen LogP contribution in [0.3, 0.4) is 0 Å². The third-order valence-corrected chi connectivity index (χ3v) is 7.02. The number of rotatable bonds is 5. The summed E-state index contributed by atoms with van der Waals surface area (Å²) in [7, 11) is 0. The summed E-state index contributed by atoms with van der Waals surface area (Å²) >= 11 is 0. The van der Waals surface area contributed by atoms with Crippen LogP contribution in [0.1, 0.15) is 24.0 Å². The van der Waals surface area contributed by atoms with Gasteiger partial charge in [0, 0.05) is 36.3 Å². The highest BCUT2D eigenvalue weighted by molar-refractivity contribution is 5.95. The number of nitrogens with one attached hydrogen (secondary N) is 2. The maximum absolute atomic E-state index is 4.99. The normalized spacial score (nSPS) is 14.2. The molecule has 37 heavy (non-hydrogen) atoms. The smallest absolute Gasteiger partial charge is 0.161 e. The Morgan fingerprint density at radius 2 is 1.76 bits per heavy atom. The van der Waals surface area contributed by atoms with Crippen molar-refractivity contribution in [2.75, 3.05) is 13.1 Å². The van der Waals surface area contributed by atoms with E-state index in [-0.39, 0.29) is 0 Å². The molecule has 6 aromatic rings. The number of likely N-dealkylation sites (tertiary alicyclic amines) is 1. The Kier molecular flexibility index (Phi) is 5.25. The summed E-state index contributed by atoms with van der Waals surface area (Å²) < 4.78 is 0. The molecule has 1 fully saturated rings. The third kappa shape index (κ3) is 4.05. The van der Waals surface area contributed by atoms with Gasteiger partial charge in [-0.05, 0) is 68.8 Å². The average molecular weight is 487 g/mol. The number of pyridine rings is 3. The van der Waals surface area contributed by atoms with Gasteiger partial charge in [-0.1, -0.05) is 23.8 Å². The van der Waals surface area contributed by atoms with Gasteiger partial charge in [0.2, 0.25) is 0 Å². The molecule has 7 rings (SSSR count). The highest BCUT2D eigenvalue weighted by Gasteiger charge is 2.18. The number of nitrogens with zero attached hydrogens (tertiary/aromatic N) is 6. The second kappa shape index (κ2) is 8.90. The van der Waals surface area contributed by atoms with Crippen molar-refractivity contribution >= 4 is 22.1 Å². The molecule has 8 heteroatoms. The SMILES string of the molecule is Cc1cccc(-c2nccc3[nH]c(-c4n[nH]c5ccc(-c6cncc(CN7CCCC7)c6)nc45)nc23)c1. The van der Waals surface area contributed by atoms with Crippen LogP contribution < -0.4 is 0 Å². The zero-order valence-electron chi connectivity index (χ0n) is 20.6. The number of hydrogen-bond donors (Lipinski definition) is 2. The van der Waals surface area contributed by atoms with Crippen LogP contribution in [0.5, 0.6) is 0 Å². The number of imidazole rings is 1. The van der Waals surface area contributed by atoms with Gasteiger partial charge >= 0.3 is 0 Å². The molecule has 1 saturated heterocycles. The Morgan fingerprint density at radius 3 is 2.65 bits per heavy atom. The van der Waals surface area contributed by atoms with Crippen molar-refractivity contribution in [1.82, 2.24) is 40.0 Å². The van der Waals surface area contributed by atoms with Crippen molar-refractivity contribution in [3.8, 4) is 34.0 Å². The van der Waals surface area contributed by atoms with Gasteiger partial charge in [0.25, 0.3) is 0 Å². The summed E-state index contributed by atoms with van der Waals surface area (Å²) in [5.74, 6) is 0.661. The molecule has 0 atom stereocenters. The fourth-order valence-corrected chi connectivity index (χ4v) is 5.19. The minimum atomic E-state index is 0.661. The molecule has 0 amide bonds. The lowest BCUT2D eigenvalue weighted by atomic mass is 10.1. The fraction of sp³-hybridized carbons (Fsp3) is 0.207. The van der Waals surface area contributed by atoms with Gasteiger partial charge in [-0.15, -0.1) is 0 Å². The van der Waals surface area contributed by atoms with E-state index in [9.17, 15) is 0 Å². The average Bonchev–Trinajstić information content (AvgIpc) is 3.67. The first-order valence-corrected chi connectivity index (χ1v) is 12.7. The Bertz CT molecular complexity index is 1740. The van der Waals surface area contributed by atoms with Crippen molar-refractivity contribution in [3.05, 3.63) is 78.2 Å². The van der Waals surface area contributed by atoms with E-state index in [1.807, 2.05) is 42.9 Å². The number of aromatic nitrogens is 7. The fourth-order valence-electron chi connectivity index (χ4n) is 5.19. The quantitative estimate of drug-likeness (QED) is 0.332. The Hall–Kier alpha value is -4.43. The molecule has 0 bridgehead atoms. The van der Waals surface area contributed by atoms with Gasteiger partial charge in [0.15, 0.2) is 11.5 Å². The van der Waals surface area contributed by atoms with Gasteiger partial charge in [-0.2, -0.15) is 5.10 Å². The molecular weight excluding hydrogens is 460 g/mol. The van der Waals surface area contributed by atoms with Crippen molar-refractivity contribution in [1.29, 1.82) is 0 Å². The van der Waals surface area contributed by atoms with Gasteiger partial charge in [-0.3, -0.25) is 20.0 Å². The molecule has 0 spiro atoms. The van der Waals surface area contributed by atoms with Gasteiger partial charge in [0.05, 0.1) is 22.4 Å². The van der Waals surface area contributed by atoms with Gasteiger partial charge in [0.1, 0.15) is 11.0 Å². The van der Waals surface area contributed by atoms with Crippen molar-refractivity contribution in [3.63, 3.8) is 0 Å². The Labute approximate surface area is 213 Å². The molecule has 1 aliphatic rings. The summed E-state index contributed by atoms with van der Waals surface area (Å²) in [6, 6.07) is 16.5. The molecule has 8 nitrogen and oxygen atoms in total. The predicted molar refractivity (Wildman–Crippen MR) is 145 cm³/mol. The van der Waals surface area contributed by atoms with E-state index in [1.165, 1.54) is 24.0 Å². The van der Waals surface area contributed by atoms with Crippen LogP contribution in [0.25, 0.3) is 56.1 Å². The summed E-state index contributed by atoms with van der Waals surface area (Å²) in [6.45, 7) is 5.32. The molecular formula is C29H26N8. The lowest BCUT2D eigenvalue weighted by Gasteiger charge is -2.14. The van der Waals surface area contributed by atoms with E-state index in [2.05, 4.69) is 61.2 Å². The Balaban J connectivity index is 1.28. The molecule has 6 heterocycles. The second-order valence-electron chi connectivity index (χ2n) is 9.74. The molecule has 1 aromatic carbocycles. The van der Waals surface area contributed by atoms with Crippen molar-refractivity contribution in [2.45, 2.75) is 26.3 Å². The van der Waals surface area contributed by atoms with Crippen LogP contribution in [0.4, 0.5) is 0 Å². The molecule has 0 radical (unpaired) electrons. The topological polar surface area (TPSA) is 99.3 Å². The monoisotopic (exact) mass is 486 g/mol. The van der Waals surface area contributed by atoms with Crippen LogP contribution in [0.15, 0.2) is 67.1 Å². The van der Waals surface area contributed by atoms with Crippen LogP contribution in [0, 0.1) is 6.92 Å². The summed E-state index contributed by atoms with van der Waals surface area (Å²) in [6.07, 6.45) is 8.20. The molecule has 0 aliphatic carbocycles. The molecule has 182 valence electrons. The Morgan fingerprint density at radius 1 is 0.865 bits per heavy atom. The van der Waals surface area contributed by atoms with E-state index >= 15 is 0 Å². The lowest BCUT2D eigenvalue weighted by Crippen LogP contribution is -2.18. The van der Waals surface area contributed by atoms with Crippen LogP contribution >= 0.6 is 0 Å². The maximum Gasteiger partial charge on any atom is 0.161 e. The first-order chi connectivity index (χ1) is 18.2. The van der Waals surface area contributed by atoms with Crippen LogP contribution in [0.2, 0.25) is 0 Å². The van der Waals surface area contributed by atoms with Crippen LogP contribution in [-0.2, 0) is 6.54 Å². The molecule has 1 aliphatic heterocycles. The van der Waals surface area contributed by atoms with E-state index < -0.39 is 0 Å². The highest BCUT2D eigenvalue weighted by atomic mass is 15.2. The maximum atomic E-state index is 4.99. The van der Waals surface area contributed by atoms with E-state index in [4.69, 9.17) is 9.97 Å². The molecule has 2 N–H and O–H groups in total. The number of aromatic amines is 2. The minimum Gasteiger partial charge on any atom is -0.336 e. The predicted octanol–water partition coefficient (Wildman–Crippen LogP) is 5.53. The van der Waals surface area contributed by atoms with E-state index in [0.29, 0.717) is 11.5 Å². The van der Waals surface area contributed by atoms with Gasteiger partial charge < -0.3 is 4.98 Å². The summed E-state index contributed by atoms with van der Waals surface area (Å²) in [4.78, 5) is 25.0. The summed E-state index contributed by atoms with van der Waals surface area (Å²) in [5.41, 5.74) is 10.2. The van der Waals surface area contributed by atoms with E-state index in [0.717, 1.165) is 64.2 Å². The second-order valence-corrected chi connectivity index (χ2v) is 9.74. The van der Waals surface area contributed by atoms with Crippen LogP contribution in [-0.4, -0.2) is 53.1 Å². The highest BCUT2D eigenvalue weighted by Crippen LogP contribution is 2.31. The lowest BCUT2D eigenvalue weighted by molar-refractivity contribution is 0.331. The minimum absolute atomic E-state index is 0.661. The third-order valence-electron chi connectivity index (χ3n) is 7.02. The van der Waals surface area contributed by atoms with Crippen molar-refractivity contribution in [2.24, 2.45) is 0 Å². The molecule has 0 unspecified atom stereocenters. The molecule has 5 aromatic heterocycles. The van der Waals surface area contributed by atoms with Gasteiger partial charge in [-0.25, -0.2) is 9.97 Å². The number of benzene rings is 1. The first-order valence-electron chi connectivity index (χ1n) is 12.7. The number of hydrogen-bond acceptors (Lipinski definition) is 6. The zero-order chi connectivity index (χ0) is 24.8. The largest absolute Gasteiger partial charge is 0.336 e. The number of aryl methyl sites for hydroxylation is 1. The zero-order valence-corrected chi connectivity index (χ0v) is 20.6. The first kappa shape index (κ1) is 21.8. The van der Waals surface area contributed by atoms with E-state index in [1.54, 1.807) is 0 Å². The van der Waals surface area contributed by atoms with Crippen molar-refractivity contribution < 1.29 is 0 Å². The standard InChI is InChI=1S/C29H26N8/c1-18-5-4-6-20(13-18)25-26-23(9-10-31-25)33-29(34-26)28-27-24(35-36-28)8-7-22(32-27)21-14-19(15-30-16-21)17-37-11-2-3-12-37/h4-10,13-16H,2-3,11-12,17H2,1H3,(H,33,34)(H,35,36). The number of fused-ring (bicyclic) bond motifs is 2. The number of H-pyrrole nitrogens is 2. The summed E-state index contributed by atoms with van der Waals surface area (Å²) in [5, 5.41) is 7.69.